The smallest absolute Gasteiger partial charge is 0.233 e. The average molecular weight is 449 g/mol. The van der Waals surface area contributed by atoms with E-state index >= 15 is 0 Å². The summed E-state index contributed by atoms with van der Waals surface area (Å²) >= 11 is 0. The van der Waals surface area contributed by atoms with Crippen molar-refractivity contribution < 1.29 is 12.8 Å². The molecule has 1 aromatic heterocycles. The third-order valence-electron chi connectivity index (χ3n) is 6.40. The van der Waals surface area contributed by atoms with Gasteiger partial charge in [-0.05, 0) is 73.0 Å². The molecule has 0 amide bonds. The molecule has 0 bridgehead atoms. The van der Waals surface area contributed by atoms with Crippen molar-refractivity contribution in [2.45, 2.75) is 24.7 Å². The van der Waals surface area contributed by atoms with Gasteiger partial charge in [0.15, 0.2) is 0 Å². The Morgan fingerprint density at radius 3 is 2.53 bits per heavy atom. The summed E-state index contributed by atoms with van der Waals surface area (Å²) in [5, 5.41) is 13.5. The molecule has 1 atom stereocenters. The second-order valence-electron chi connectivity index (χ2n) is 8.58. The van der Waals surface area contributed by atoms with Crippen LogP contribution >= 0.6 is 0 Å². The molecule has 0 spiro atoms. The minimum absolute atomic E-state index is 0.202. The van der Waals surface area contributed by atoms with Crippen LogP contribution in [0.4, 0.5) is 4.39 Å². The summed E-state index contributed by atoms with van der Waals surface area (Å²) in [7, 11) is -3.65. The van der Waals surface area contributed by atoms with Crippen LogP contribution in [-0.2, 0) is 16.4 Å². The summed E-state index contributed by atoms with van der Waals surface area (Å²) in [4.78, 5) is 0.202. The second-order valence-corrected chi connectivity index (χ2v) is 10.5. The Morgan fingerprint density at radius 2 is 1.84 bits per heavy atom. The first-order valence-corrected chi connectivity index (χ1v) is 11.8. The molecule has 1 fully saturated rings. The van der Waals surface area contributed by atoms with Crippen LogP contribution in [0.15, 0.2) is 65.2 Å². The van der Waals surface area contributed by atoms with E-state index in [1.165, 1.54) is 42.0 Å². The lowest BCUT2D eigenvalue weighted by molar-refractivity contribution is 0.231. The first-order chi connectivity index (χ1) is 15.3. The van der Waals surface area contributed by atoms with Gasteiger partial charge in [0.1, 0.15) is 5.82 Å². The van der Waals surface area contributed by atoms with Gasteiger partial charge in [0.25, 0.3) is 0 Å². The van der Waals surface area contributed by atoms with Crippen molar-refractivity contribution >= 4 is 16.1 Å². The fourth-order valence-corrected chi connectivity index (χ4v) is 6.21. The van der Waals surface area contributed by atoms with Gasteiger partial charge in [-0.15, -0.1) is 0 Å². The molecule has 2 aliphatic rings. The van der Waals surface area contributed by atoms with Gasteiger partial charge >= 0.3 is 0 Å². The van der Waals surface area contributed by atoms with Gasteiger partial charge in [-0.1, -0.05) is 12.5 Å². The minimum atomic E-state index is -3.65. The monoisotopic (exact) mass is 448 g/mol. The highest BCUT2D eigenvalue weighted by molar-refractivity contribution is 7.89. The molecule has 2 aromatic carbocycles. The number of halogens is 1. The van der Waals surface area contributed by atoms with Crippen molar-refractivity contribution in [2.75, 3.05) is 13.1 Å². The molecule has 1 saturated heterocycles. The van der Waals surface area contributed by atoms with Crippen LogP contribution < -0.4 is 0 Å². The quantitative estimate of drug-likeness (QED) is 0.608. The molecule has 8 heteroatoms. The lowest BCUT2D eigenvalue weighted by Gasteiger charge is -2.43. The third kappa shape index (κ3) is 3.34. The summed E-state index contributed by atoms with van der Waals surface area (Å²) < 4.78 is 43.2. The zero-order chi connectivity index (χ0) is 22.5. The van der Waals surface area contributed by atoms with Crippen molar-refractivity contribution in [3.63, 3.8) is 0 Å². The largest absolute Gasteiger partial charge is 0.243 e. The lowest BCUT2D eigenvalue weighted by atomic mass is 9.70. The summed E-state index contributed by atoms with van der Waals surface area (Å²) in [6.45, 7) is 2.86. The molecule has 6 nitrogen and oxygen atoms in total. The standard InChI is InChI=1S/C24H21FN4O2S/c1-24-13-18-15-27-29(21-6-4-20(25)5-7-21)23(18)12-19(24)10-11-28(16-24)32(30,31)22-8-2-17(14-26)3-9-22/h2-9,12,15H,10-11,13,16H2,1H3. The number of piperidine rings is 1. The highest BCUT2D eigenvalue weighted by atomic mass is 32.2. The zero-order valence-electron chi connectivity index (χ0n) is 17.5. The van der Waals surface area contributed by atoms with Crippen molar-refractivity contribution in [3.05, 3.63) is 82.9 Å². The van der Waals surface area contributed by atoms with E-state index in [0.29, 0.717) is 31.5 Å². The highest BCUT2D eigenvalue weighted by Gasteiger charge is 2.42. The topological polar surface area (TPSA) is 79.0 Å². The summed E-state index contributed by atoms with van der Waals surface area (Å²) in [5.41, 5.74) is 4.08. The lowest BCUT2D eigenvalue weighted by Crippen LogP contribution is -2.47. The number of hydrogen-bond acceptors (Lipinski definition) is 4. The molecule has 0 radical (unpaired) electrons. The van der Waals surface area contributed by atoms with E-state index in [1.807, 2.05) is 12.3 Å². The van der Waals surface area contributed by atoms with Gasteiger partial charge in [-0.25, -0.2) is 17.5 Å². The number of aromatic nitrogens is 2. The van der Waals surface area contributed by atoms with Crippen molar-refractivity contribution in [1.82, 2.24) is 14.1 Å². The van der Waals surface area contributed by atoms with Crippen LogP contribution in [0.2, 0.25) is 0 Å². The van der Waals surface area contributed by atoms with Crippen LogP contribution in [0.25, 0.3) is 11.8 Å². The Morgan fingerprint density at radius 1 is 1.12 bits per heavy atom. The van der Waals surface area contributed by atoms with Gasteiger partial charge < -0.3 is 0 Å². The van der Waals surface area contributed by atoms with Crippen LogP contribution in [0.5, 0.6) is 0 Å². The zero-order valence-corrected chi connectivity index (χ0v) is 18.3. The predicted molar refractivity (Wildman–Crippen MR) is 118 cm³/mol. The van der Waals surface area contributed by atoms with E-state index in [0.717, 1.165) is 16.9 Å². The van der Waals surface area contributed by atoms with Gasteiger partial charge in [0.05, 0.1) is 34.1 Å². The Labute approximate surface area is 186 Å². The summed E-state index contributed by atoms with van der Waals surface area (Å²) in [5.74, 6) is -0.295. The number of rotatable bonds is 3. The van der Waals surface area contributed by atoms with E-state index in [2.05, 4.69) is 18.1 Å². The van der Waals surface area contributed by atoms with E-state index < -0.39 is 10.0 Å². The molecule has 32 heavy (non-hydrogen) atoms. The maximum Gasteiger partial charge on any atom is 0.243 e. The molecule has 5 rings (SSSR count). The third-order valence-corrected chi connectivity index (χ3v) is 8.26. The molecular weight excluding hydrogens is 427 g/mol. The maximum atomic E-state index is 13.3. The van der Waals surface area contributed by atoms with Gasteiger partial charge in [-0.2, -0.15) is 14.7 Å². The number of fused-ring (bicyclic) bond motifs is 2. The Kier molecular flexibility index (Phi) is 4.77. The Hall–Kier alpha value is -3.28. The highest BCUT2D eigenvalue weighted by Crippen LogP contribution is 2.44. The van der Waals surface area contributed by atoms with Crippen LogP contribution in [0.1, 0.15) is 30.2 Å². The molecule has 1 unspecified atom stereocenters. The molecule has 0 N–H and O–H groups in total. The summed E-state index contributed by atoms with van der Waals surface area (Å²) in [6.07, 6.45) is 5.22. The second kappa shape index (κ2) is 7.40. The molecule has 3 aromatic rings. The minimum Gasteiger partial charge on any atom is -0.233 e. The summed E-state index contributed by atoms with van der Waals surface area (Å²) in [6, 6.07) is 14.3. The van der Waals surface area contributed by atoms with Crippen molar-refractivity contribution in [3.8, 4) is 11.8 Å². The van der Waals surface area contributed by atoms with E-state index in [1.54, 1.807) is 21.1 Å². The average Bonchev–Trinajstić information content (AvgIpc) is 3.19. The number of sulfonamides is 1. The van der Waals surface area contributed by atoms with Gasteiger partial charge in [0, 0.05) is 18.5 Å². The maximum absolute atomic E-state index is 13.3. The number of nitriles is 1. The van der Waals surface area contributed by atoms with Crippen LogP contribution in [0, 0.1) is 22.6 Å². The van der Waals surface area contributed by atoms with Gasteiger partial charge in [0.2, 0.25) is 10.0 Å². The molecule has 1 aliphatic heterocycles. The number of nitrogens with zero attached hydrogens (tertiary/aromatic N) is 4. The van der Waals surface area contributed by atoms with E-state index in [9.17, 15) is 12.8 Å². The Balaban J connectivity index is 1.44. The predicted octanol–water partition coefficient (Wildman–Crippen LogP) is 3.92. The van der Waals surface area contributed by atoms with Crippen molar-refractivity contribution in [1.29, 1.82) is 5.26 Å². The SMILES string of the molecule is CC12Cc3cnn(-c4ccc(F)cc4)c3C=C1CCN(S(=O)(=O)c1ccc(C#N)cc1)C2. The molecule has 2 heterocycles. The van der Waals surface area contributed by atoms with Crippen LogP contribution in [0.3, 0.4) is 0 Å². The molecule has 1 aliphatic carbocycles. The normalized spacial score (nSPS) is 20.7. The molecule has 0 saturated carbocycles. The van der Waals surface area contributed by atoms with Gasteiger partial charge in [-0.3, -0.25) is 0 Å². The Bertz CT molecular complexity index is 1370. The number of hydrogen-bond donors (Lipinski definition) is 0. The fraction of sp³-hybridized carbons (Fsp3) is 0.250. The number of benzene rings is 2. The van der Waals surface area contributed by atoms with E-state index in [4.69, 9.17) is 5.26 Å². The van der Waals surface area contributed by atoms with Crippen molar-refractivity contribution in [2.24, 2.45) is 5.41 Å². The first kappa shape index (κ1) is 20.6. The molecule has 162 valence electrons. The first-order valence-electron chi connectivity index (χ1n) is 10.3. The molecular formula is C24H21FN4O2S. The van der Waals surface area contributed by atoms with Crippen LogP contribution in [-0.4, -0.2) is 35.6 Å². The fourth-order valence-electron chi connectivity index (χ4n) is 4.64. The van der Waals surface area contributed by atoms with E-state index in [-0.39, 0.29) is 16.1 Å².